The third-order valence-corrected chi connectivity index (χ3v) is 0.204. The highest BCUT2D eigenvalue weighted by molar-refractivity contribution is 4.15. The summed E-state index contributed by atoms with van der Waals surface area (Å²) >= 11 is 0. The fourth-order valence-corrected chi connectivity index (χ4v) is 0.102. The Balaban J connectivity index is 4.14. The standard InChI is InChI=1S/C4H10O/c1-3-4-5-2/h3-4H2,1-2H3/i3D2,4D2. The summed E-state index contributed by atoms with van der Waals surface area (Å²) in [7, 11) is 1.14. The fraction of sp³-hybridized carbons (Fsp3) is 1.00. The molecule has 0 aromatic rings. The van der Waals surface area contributed by atoms with Crippen LogP contribution in [0.3, 0.4) is 0 Å². The van der Waals surface area contributed by atoms with Gasteiger partial charge in [-0.3, -0.25) is 0 Å². The monoisotopic (exact) mass is 78.1 g/mol. The second-order valence-electron chi connectivity index (χ2n) is 0.556. The zero-order chi connectivity index (χ0) is 7.71. The van der Waals surface area contributed by atoms with Gasteiger partial charge in [0.15, 0.2) is 0 Å². The zero-order valence-electron chi connectivity index (χ0n) is 7.41. The molecule has 5 heavy (non-hydrogen) atoms. The van der Waals surface area contributed by atoms with Gasteiger partial charge in [-0.05, 0) is 6.37 Å². The van der Waals surface area contributed by atoms with Crippen LogP contribution in [0.15, 0.2) is 0 Å². The zero-order valence-corrected chi connectivity index (χ0v) is 3.41. The van der Waals surface area contributed by atoms with Gasteiger partial charge in [0, 0.05) is 16.4 Å². The summed E-state index contributed by atoms with van der Waals surface area (Å²) in [6.07, 6.45) is -1.94. The highest BCUT2D eigenvalue weighted by atomic mass is 16.5. The first-order chi connectivity index (χ1) is 3.81. The van der Waals surface area contributed by atoms with Gasteiger partial charge >= 0.3 is 0 Å². The molecule has 0 amide bonds. The van der Waals surface area contributed by atoms with Crippen molar-refractivity contribution in [2.75, 3.05) is 13.7 Å². The number of methoxy groups -OCH3 is 1. The van der Waals surface area contributed by atoms with E-state index < -0.39 is 12.9 Å². The SMILES string of the molecule is [2H]C([2H])(C)C([2H])([2H])OC. The van der Waals surface area contributed by atoms with Crippen LogP contribution in [0.1, 0.15) is 18.8 Å². The molecule has 32 valence electrons. The van der Waals surface area contributed by atoms with Crippen LogP contribution < -0.4 is 0 Å². The van der Waals surface area contributed by atoms with Crippen LogP contribution in [0.4, 0.5) is 0 Å². The molecule has 0 saturated heterocycles. The summed E-state index contributed by atoms with van der Waals surface area (Å²) in [4.78, 5) is 0. The lowest BCUT2D eigenvalue weighted by molar-refractivity contribution is 0.199. The number of rotatable bonds is 2. The van der Waals surface area contributed by atoms with Gasteiger partial charge in [-0.15, -0.1) is 0 Å². The minimum atomic E-state index is -2.19. The van der Waals surface area contributed by atoms with E-state index in [0.717, 1.165) is 14.0 Å². The molecule has 1 nitrogen and oxygen atoms in total. The Morgan fingerprint density at radius 1 is 2.00 bits per heavy atom. The van der Waals surface area contributed by atoms with Crippen molar-refractivity contribution >= 4 is 0 Å². The van der Waals surface area contributed by atoms with Crippen LogP contribution in [0.5, 0.6) is 0 Å². The van der Waals surface area contributed by atoms with E-state index in [-0.39, 0.29) is 0 Å². The van der Waals surface area contributed by atoms with Crippen molar-refractivity contribution in [2.24, 2.45) is 0 Å². The van der Waals surface area contributed by atoms with E-state index >= 15 is 0 Å². The molecule has 0 radical (unpaired) electrons. The number of ether oxygens (including phenoxy) is 1. The molecule has 0 unspecified atom stereocenters. The van der Waals surface area contributed by atoms with Gasteiger partial charge < -0.3 is 4.74 Å². The van der Waals surface area contributed by atoms with E-state index in [1.165, 1.54) is 0 Å². The maximum atomic E-state index is 6.90. The van der Waals surface area contributed by atoms with Crippen molar-refractivity contribution < 1.29 is 10.2 Å². The van der Waals surface area contributed by atoms with Gasteiger partial charge in [-0.25, -0.2) is 0 Å². The Morgan fingerprint density at radius 3 is 2.60 bits per heavy atom. The van der Waals surface area contributed by atoms with Crippen LogP contribution in [-0.4, -0.2) is 13.7 Å². The fourth-order valence-electron chi connectivity index (χ4n) is 0.102. The maximum Gasteiger partial charge on any atom is 0.0566 e. The molecular formula is C4H10O. The second-order valence-corrected chi connectivity index (χ2v) is 0.556. The van der Waals surface area contributed by atoms with Gasteiger partial charge in [-0.1, -0.05) is 6.92 Å². The van der Waals surface area contributed by atoms with E-state index in [4.69, 9.17) is 5.48 Å². The van der Waals surface area contributed by atoms with Crippen LogP contribution in [-0.2, 0) is 4.74 Å². The van der Waals surface area contributed by atoms with Crippen LogP contribution in [0, 0.1) is 0 Å². The quantitative estimate of drug-likeness (QED) is 0.479. The normalized spacial score (nSPS) is 26.0. The first-order valence-corrected chi connectivity index (χ1v) is 1.36. The van der Waals surface area contributed by atoms with Crippen molar-refractivity contribution in [3.63, 3.8) is 0 Å². The molecule has 0 aliphatic carbocycles. The van der Waals surface area contributed by atoms with Crippen LogP contribution in [0.25, 0.3) is 0 Å². The van der Waals surface area contributed by atoms with E-state index in [9.17, 15) is 0 Å². The Hall–Kier alpha value is -0.0400. The number of hydrogen-bond acceptors (Lipinski definition) is 1. The molecule has 0 aromatic heterocycles. The highest BCUT2D eigenvalue weighted by Crippen LogP contribution is 1.70. The second kappa shape index (κ2) is 3.96. The van der Waals surface area contributed by atoms with E-state index in [1.807, 2.05) is 0 Å². The largest absolute Gasteiger partial charge is 0.385 e. The highest BCUT2D eigenvalue weighted by Gasteiger charge is 1.66. The lowest BCUT2D eigenvalue weighted by Gasteiger charge is -1.84. The molecule has 0 N–H and O–H groups in total. The third kappa shape index (κ3) is 3.96. The minimum absolute atomic E-state index is 1.14. The van der Waals surface area contributed by atoms with Gasteiger partial charge in [0.05, 0.1) is 2.74 Å². The summed E-state index contributed by atoms with van der Waals surface area (Å²) in [6.45, 7) is -1.05. The first kappa shape index (κ1) is 1.23. The molecule has 0 saturated carbocycles. The third-order valence-electron chi connectivity index (χ3n) is 0.204. The van der Waals surface area contributed by atoms with Gasteiger partial charge in [0.25, 0.3) is 0 Å². The smallest absolute Gasteiger partial charge is 0.0566 e. The Bertz CT molecular complexity index is 95.2. The average Bonchev–Trinajstić information content (AvgIpc) is 1.64. The van der Waals surface area contributed by atoms with Crippen LogP contribution in [0.2, 0.25) is 0 Å². The van der Waals surface area contributed by atoms with Gasteiger partial charge in [-0.2, -0.15) is 0 Å². The van der Waals surface area contributed by atoms with Crippen molar-refractivity contribution in [1.82, 2.24) is 0 Å². The van der Waals surface area contributed by atoms with E-state index in [2.05, 4.69) is 4.74 Å². The summed E-state index contributed by atoms with van der Waals surface area (Å²) in [5.41, 5.74) is 0. The molecule has 0 bridgehead atoms. The Kier molecular flexibility index (Phi) is 0.972. The van der Waals surface area contributed by atoms with E-state index in [0.29, 0.717) is 0 Å². The molecule has 0 rings (SSSR count). The van der Waals surface area contributed by atoms with Gasteiger partial charge in [0.1, 0.15) is 0 Å². The Labute approximate surface area is 38.6 Å². The maximum absolute atomic E-state index is 6.90. The molecule has 1 heteroatoms. The first-order valence-electron chi connectivity index (χ1n) is 3.36. The summed E-state index contributed by atoms with van der Waals surface area (Å²) in [5.74, 6) is 0. The lowest BCUT2D eigenvalue weighted by atomic mass is 10.5. The predicted molar refractivity (Wildman–Crippen MR) is 22.2 cm³/mol. The minimum Gasteiger partial charge on any atom is -0.385 e. The van der Waals surface area contributed by atoms with Crippen molar-refractivity contribution in [3.8, 4) is 0 Å². The molecule has 0 aliphatic heterocycles. The number of hydrogen-bond donors (Lipinski definition) is 0. The van der Waals surface area contributed by atoms with Crippen molar-refractivity contribution in [2.45, 2.75) is 13.3 Å². The topological polar surface area (TPSA) is 9.23 Å². The molecular weight excluding hydrogens is 64.0 g/mol. The average molecular weight is 78.1 g/mol. The molecule has 0 fully saturated rings. The summed E-state index contributed by atoms with van der Waals surface area (Å²) < 4.78 is 31.9. The lowest BCUT2D eigenvalue weighted by Crippen LogP contribution is -1.80. The molecule has 0 aliphatic rings. The van der Waals surface area contributed by atoms with Crippen molar-refractivity contribution in [3.05, 3.63) is 0 Å². The van der Waals surface area contributed by atoms with E-state index in [1.54, 1.807) is 0 Å². The predicted octanol–water partition coefficient (Wildman–Crippen LogP) is 1.04. The van der Waals surface area contributed by atoms with Crippen LogP contribution >= 0.6 is 0 Å². The summed E-state index contributed by atoms with van der Waals surface area (Å²) in [6, 6.07) is 0. The Morgan fingerprint density at radius 2 is 2.60 bits per heavy atom. The molecule has 0 atom stereocenters. The van der Waals surface area contributed by atoms with Crippen molar-refractivity contribution in [1.29, 1.82) is 0 Å². The van der Waals surface area contributed by atoms with Gasteiger partial charge in [0.2, 0.25) is 0 Å². The summed E-state index contributed by atoms with van der Waals surface area (Å²) in [5, 5.41) is 0. The molecule has 0 heterocycles. The molecule has 0 aromatic carbocycles. The molecule has 0 spiro atoms.